The van der Waals surface area contributed by atoms with E-state index in [4.69, 9.17) is 9.26 Å². The summed E-state index contributed by atoms with van der Waals surface area (Å²) in [5, 5.41) is 0. The number of carbonyl (C=O) groups excluding carboxylic acids is 2. The molecular formula is C13H18N2O5. The highest BCUT2D eigenvalue weighted by Gasteiger charge is 2.28. The first-order valence-electron chi connectivity index (χ1n) is 6.54. The number of ether oxygens (including phenoxy) is 1. The normalized spacial score (nSPS) is 19.8. The molecule has 2 rings (SSSR count). The zero-order valence-corrected chi connectivity index (χ0v) is 11.6. The number of aryl methyl sites for hydroxylation is 1. The standard InChI is InChI=1S/C13H18N2O5/c1-9-6-11(16)15(20-9)12(17)8-14-5-3-4-10(7-14)13(18)19-2/h6,10H,3-5,7-8H2,1-2H3/t10-/m0/s1. The SMILES string of the molecule is COC(=O)[C@H]1CCCN(CC(=O)n2oc(C)cc2=O)C1. The van der Waals surface area contributed by atoms with Crippen LogP contribution in [0.2, 0.25) is 0 Å². The fourth-order valence-corrected chi connectivity index (χ4v) is 2.44. The van der Waals surface area contributed by atoms with Crippen LogP contribution in [0.4, 0.5) is 0 Å². The zero-order chi connectivity index (χ0) is 14.7. The van der Waals surface area contributed by atoms with Gasteiger partial charge in [-0.05, 0) is 26.3 Å². The molecule has 0 unspecified atom stereocenters. The molecule has 1 aliphatic heterocycles. The van der Waals surface area contributed by atoms with Gasteiger partial charge in [-0.1, -0.05) is 0 Å². The molecule has 20 heavy (non-hydrogen) atoms. The third kappa shape index (κ3) is 3.16. The number of hydrogen-bond acceptors (Lipinski definition) is 6. The van der Waals surface area contributed by atoms with Crippen molar-refractivity contribution in [3.63, 3.8) is 0 Å². The molecule has 7 heteroatoms. The maximum Gasteiger partial charge on any atom is 0.309 e. The van der Waals surface area contributed by atoms with Crippen molar-refractivity contribution in [2.45, 2.75) is 19.8 Å². The first-order chi connectivity index (χ1) is 9.51. The number of piperidine rings is 1. The molecule has 0 aliphatic carbocycles. The Balaban J connectivity index is 1.99. The summed E-state index contributed by atoms with van der Waals surface area (Å²) in [4.78, 5) is 36.9. The van der Waals surface area contributed by atoms with Gasteiger partial charge in [-0.15, -0.1) is 4.74 Å². The van der Waals surface area contributed by atoms with Gasteiger partial charge in [0.05, 0.1) is 19.6 Å². The number of esters is 1. The molecular weight excluding hydrogens is 264 g/mol. The van der Waals surface area contributed by atoms with Gasteiger partial charge >= 0.3 is 5.97 Å². The number of aromatic nitrogens is 1. The summed E-state index contributed by atoms with van der Waals surface area (Å²) in [6.07, 6.45) is 1.58. The fourth-order valence-electron chi connectivity index (χ4n) is 2.44. The van der Waals surface area contributed by atoms with Crippen molar-refractivity contribution in [3.05, 3.63) is 22.2 Å². The third-order valence-corrected chi connectivity index (χ3v) is 3.39. The molecule has 7 nitrogen and oxygen atoms in total. The molecule has 1 aromatic heterocycles. The van der Waals surface area contributed by atoms with Gasteiger partial charge in [0.1, 0.15) is 5.76 Å². The number of rotatable bonds is 3. The lowest BCUT2D eigenvalue weighted by molar-refractivity contribution is -0.147. The topological polar surface area (TPSA) is 81.8 Å². The Bertz CT molecular complexity index is 559. The summed E-state index contributed by atoms with van der Waals surface area (Å²) < 4.78 is 10.5. The van der Waals surface area contributed by atoms with Crippen LogP contribution in [0.3, 0.4) is 0 Å². The maximum atomic E-state index is 12.0. The van der Waals surface area contributed by atoms with Crippen molar-refractivity contribution in [3.8, 4) is 0 Å². The summed E-state index contributed by atoms with van der Waals surface area (Å²) >= 11 is 0. The fraction of sp³-hybridized carbons (Fsp3) is 0.615. The van der Waals surface area contributed by atoms with Crippen LogP contribution >= 0.6 is 0 Å². The number of carbonyl (C=O) groups is 2. The number of hydrogen-bond donors (Lipinski definition) is 0. The summed E-state index contributed by atoms with van der Waals surface area (Å²) in [5.74, 6) is -0.493. The van der Waals surface area contributed by atoms with E-state index in [1.807, 2.05) is 4.90 Å². The Morgan fingerprint density at radius 1 is 1.50 bits per heavy atom. The van der Waals surface area contributed by atoms with Crippen LogP contribution in [0.15, 0.2) is 15.4 Å². The predicted molar refractivity (Wildman–Crippen MR) is 69.5 cm³/mol. The molecule has 0 radical (unpaired) electrons. The van der Waals surface area contributed by atoms with Gasteiger partial charge in [-0.3, -0.25) is 19.3 Å². The summed E-state index contributed by atoms with van der Waals surface area (Å²) in [5.41, 5.74) is -0.464. The largest absolute Gasteiger partial charge is 0.469 e. The first kappa shape index (κ1) is 14.5. The van der Waals surface area contributed by atoms with Gasteiger partial charge in [0.2, 0.25) is 0 Å². The molecule has 0 N–H and O–H groups in total. The minimum atomic E-state index is -0.464. The lowest BCUT2D eigenvalue weighted by atomic mass is 9.98. The predicted octanol–water partition coefficient (Wildman–Crippen LogP) is 0.275. The molecule has 0 amide bonds. The minimum absolute atomic E-state index is 0.0559. The quantitative estimate of drug-likeness (QED) is 0.740. The third-order valence-electron chi connectivity index (χ3n) is 3.39. The van der Waals surface area contributed by atoms with Crippen LogP contribution in [0.25, 0.3) is 0 Å². The molecule has 0 bridgehead atoms. The molecule has 1 aromatic rings. The Hall–Kier alpha value is -1.89. The highest BCUT2D eigenvalue weighted by molar-refractivity contribution is 5.79. The van der Waals surface area contributed by atoms with Crippen LogP contribution in [0, 0.1) is 12.8 Å². The van der Waals surface area contributed by atoms with Crippen molar-refractivity contribution in [2.75, 3.05) is 26.7 Å². The van der Waals surface area contributed by atoms with E-state index < -0.39 is 11.5 Å². The second-order valence-electron chi connectivity index (χ2n) is 4.97. The molecule has 1 saturated heterocycles. The number of nitrogens with zero attached hydrogens (tertiary/aromatic N) is 2. The van der Waals surface area contributed by atoms with Crippen molar-refractivity contribution in [1.29, 1.82) is 0 Å². The van der Waals surface area contributed by atoms with Crippen LogP contribution in [0.1, 0.15) is 23.4 Å². The van der Waals surface area contributed by atoms with Crippen LogP contribution < -0.4 is 5.56 Å². The lowest BCUT2D eigenvalue weighted by Gasteiger charge is -2.30. The van der Waals surface area contributed by atoms with Gasteiger partial charge in [-0.25, -0.2) is 0 Å². The van der Waals surface area contributed by atoms with Gasteiger partial charge in [0.25, 0.3) is 11.5 Å². The van der Waals surface area contributed by atoms with Gasteiger partial charge < -0.3 is 9.26 Å². The second kappa shape index (κ2) is 6.04. The van der Waals surface area contributed by atoms with E-state index in [-0.39, 0.29) is 18.4 Å². The highest BCUT2D eigenvalue weighted by atomic mass is 16.5. The second-order valence-corrected chi connectivity index (χ2v) is 4.97. The first-order valence-corrected chi connectivity index (χ1v) is 6.54. The van der Waals surface area contributed by atoms with Crippen LogP contribution in [0.5, 0.6) is 0 Å². The van der Waals surface area contributed by atoms with E-state index in [0.29, 0.717) is 18.8 Å². The Morgan fingerprint density at radius 2 is 2.25 bits per heavy atom. The lowest BCUT2D eigenvalue weighted by Crippen LogP contribution is -2.43. The van der Waals surface area contributed by atoms with Crippen molar-refractivity contribution < 1.29 is 18.8 Å². The zero-order valence-electron chi connectivity index (χ0n) is 11.6. The van der Waals surface area contributed by atoms with Crippen molar-refractivity contribution in [1.82, 2.24) is 9.64 Å². The molecule has 0 spiro atoms. The average molecular weight is 282 g/mol. The van der Waals surface area contributed by atoms with Gasteiger partial charge in [0, 0.05) is 12.6 Å². The number of methoxy groups -OCH3 is 1. The molecule has 1 fully saturated rings. The van der Waals surface area contributed by atoms with E-state index in [9.17, 15) is 14.4 Å². The smallest absolute Gasteiger partial charge is 0.309 e. The van der Waals surface area contributed by atoms with Crippen LogP contribution in [-0.2, 0) is 9.53 Å². The Kier molecular flexibility index (Phi) is 4.39. The molecule has 0 aromatic carbocycles. The van der Waals surface area contributed by atoms with E-state index in [2.05, 4.69) is 0 Å². The Morgan fingerprint density at radius 3 is 2.85 bits per heavy atom. The summed E-state index contributed by atoms with van der Waals surface area (Å²) in [6.45, 7) is 2.85. The van der Waals surface area contributed by atoms with Gasteiger partial charge in [0.15, 0.2) is 0 Å². The van der Waals surface area contributed by atoms with E-state index >= 15 is 0 Å². The number of likely N-dealkylation sites (tertiary alicyclic amines) is 1. The molecule has 2 heterocycles. The van der Waals surface area contributed by atoms with Crippen molar-refractivity contribution >= 4 is 11.9 Å². The molecule has 1 aliphatic rings. The monoisotopic (exact) mass is 282 g/mol. The highest BCUT2D eigenvalue weighted by Crippen LogP contribution is 2.17. The summed E-state index contributed by atoms with van der Waals surface area (Å²) in [7, 11) is 1.36. The maximum absolute atomic E-state index is 12.0. The van der Waals surface area contributed by atoms with E-state index in [1.54, 1.807) is 6.92 Å². The van der Waals surface area contributed by atoms with E-state index in [1.165, 1.54) is 13.2 Å². The van der Waals surface area contributed by atoms with Crippen LogP contribution in [-0.4, -0.2) is 48.3 Å². The Labute approximate surface area is 116 Å². The average Bonchev–Trinajstić information content (AvgIpc) is 2.77. The molecule has 1 atom stereocenters. The summed E-state index contributed by atoms with van der Waals surface area (Å²) in [6, 6.07) is 1.27. The van der Waals surface area contributed by atoms with Crippen molar-refractivity contribution in [2.24, 2.45) is 5.92 Å². The minimum Gasteiger partial charge on any atom is -0.469 e. The van der Waals surface area contributed by atoms with Gasteiger partial charge in [-0.2, -0.15) is 0 Å². The van der Waals surface area contributed by atoms with E-state index in [0.717, 1.165) is 17.6 Å². The molecule has 110 valence electrons. The molecule has 0 saturated carbocycles.